The van der Waals surface area contributed by atoms with Crippen molar-refractivity contribution in [2.75, 3.05) is 49.6 Å². The second-order valence-electron chi connectivity index (χ2n) is 9.58. The Morgan fingerprint density at radius 3 is 2.47 bits per heavy atom. The zero-order chi connectivity index (χ0) is 23.3. The molecule has 3 heterocycles. The van der Waals surface area contributed by atoms with Crippen molar-refractivity contribution < 1.29 is 14.3 Å². The lowest BCUT2D eigenvalue weighted by atomic mass is 9.87. The van der Waals surface area contributed by atoms with Gasteiger partial charge in [-0.25, -0.2) is 4.98 Å². The maximum atomic E-state index is 13.0. The third-order valence-electron chi connectivity index (χ3n) is 7.37. The number of amides is 2. The minimum absolute atomic E-state index is 0.173. The van der Waals surface area contributed by atoms with E-state index in [0.717, 1.165) is 68.2 Å². The topological polar surface area (TPSA) is 74.8 Å². The molecular weight excluding hydrogens is 448 g/mol. The molecule has 0 bridgehead atoms. The van der Waals surface area contributed by atoms with Crippen LogP contribution in [0.25, 0.3) is 0 Å². The number of benzene rings is 1. The summed E-state index contributed by atoms with van der Waals surface area (Å²) >= 11 is 1.56. The molecule has 3 aliphatic rings. The average molecular weight is 483 g/mol. The molecule has 1 saturated carbocycles. The first-order valence-electron chi connectivity index (χ1n) is 12.7. The first-order chi connectivity index (χ1) is 16.7. The molecule has 34 heavy (non-hydrogen) atoms. The van der Waals surface area contributed by atoms with Crippen LogP contribution >= 0.6 is 11.3 Å². The summed E-state index contributed by atoms with van der Waals surface area (Å²) in [6.07, 6.45) is 7.60. The summed E-state index contributed by atoms with van der Waals surface area (Å²) in [6, 6.07) is 7.91. The summed E-state index contributed by atoms with van der Waals surface area (Å²) in [4.78, 5) is 34.9. The number of hydrogen-bond donors (Lipinski definition) is 1. The van der Waals surface area contributed by atoms with Crippen molar-refractivity contribution in [3.8, 4) is 0 Å². The first-order valence-corrected chi connectivity index (χ1v) is 13.5. The highest BCUT2D eigenvalue weighted by atomic mass is 32.1. The van der Waals surface area contributed by atoms with Gasteiger partial charge in [-0.1, -0.05) is 31.4 Å². The van der Waals surface area contributed by atoms with E-state index in [-0.39, 0.29) is 11.8 Å². The van der Waals surface area contributed by atoms with Gasteiger partial charge in [-0.2, -0.15) is 0 Å². The van der Waals surface area contributed by atoms with Gasteiger partial charge in [0.1, 0.15) is 5.69 Å². The molecule has 0 atom stereocenters. The molecule has 182 valence electrons. The van der Waals surface area contributed by atoms with Crippen LogP contribution in [0.1, 0.15) is 66.4 Å². The lowest BCUT2D eigenvalue weighted by Crippen LogP contribution is -2.41. The van der Waals surface area contributed by atoms with E-state index in [1.807, 2.05) is 29.6 Å². The van der Waals surface area contributed by atoms with Crippen LogP contribution in [0.3, 0.4) is 0 Å². The Morgan fingerprint density at radius 1 is 0.971 bits per heavy atom. The number of morpholine rings is 1. The molecule has 1 N–H and O–H groups in total. The fourth-order valence-electron chi connectivity index (χ4n) is 5.38. The lowest BCUT2D eigenvalue weighted by molar-refractivity contribution is -0.137. The van der Waals surface area contributed by atoms with E-state index in [1.165, 1.54) is 19.3 Å². The van der Waals surface area contributed by atoms with Crippen molar-refractivity contribution >= 4 is 34.5 Å². The highest BCUT2D eigenvalue weighted by molar-refractivity contribution is 7.10. The van der Waals surface area contributed by atoms with Crippen molar-refractivity contribution in [2.45, 2.75) is 50.9 Å². The van der Waals surface area contributed by atoms with Gasteiger partial charge in [-0.05, 0) is 37.8 Å². The number of nitrogens with zero attached hydrogens (tertiary/aromatic N) is 3. The van der Waals surface area contributed by atoms with Gasteiger partial charge in [-0.15, -0.1) is 11.3 Å². The Hall–Kier alpha value is -2.45. The summed E-state index contributed by atoms with van der Waals surface area (Å²) in [5.74, 6) is 0.743. The normalized spacial score (nSPS) is 20.4. The summed E-state index contributed by atoms with van der Waals surface area (Å²) < 4.78 is 5.46. The van der Waals surface area contributed by atoms with Crippen molar-refractivity contribution in [3.05, 3.63) is 40.3 Å². The maximum Gasteiger partial charge on any atom is 0.275 e. The van der Waals surface area contributed by atoms with E-state index < -0.39 is 0 Å². The number of aromatic nitrogens is 1. The summed E-state index contributed by atoms with van der Waals surface area (Å²) in [6.45, 7) is 4.62. The van der Waals surface area contributed by atoms with E-state index in [2.05, 4.69) is 15.1 Å². The molecule has 2 aliphatic heterocycles. The minimum Gasteiger partial charge on any atom is -0.378 e. The molecule has 2 saturated heterocycles. The van der Waals surface area contributed by atoms with Crippen LogP contribution in [0.15, 0.2) is 29.6 Å². The number of anilines is 2. The Kier molecular flexibility index (Phi) is 7.45. The Balaban J connectivity index is 1.18. The minimum atomic E-state index is -0.173. The number of ether oxygens (including phenoxy) is 1. The lowest BCUT2D eigenvalue weighted by Gasteiger charge is -2.34. The number of nitrogens with one attached hydrogen (secondary N) is 1. The molecule has 0 radical (unpaired) electrons. The van der Waals surface area contributed by atoms with E-state index >= 15 is 0 Å². The summed E-state index contributed by atoms with van der Waals surface area (Å²) in [5.41, 5.74) is 2.29. The largest absolute Gasteiger partial charge is 0.378 e. The molecular formula is C26H34N4O3S. The van der Waals surface area contributed by atoms with Gasteiger partial charge < -0.3 is 19.9 Å². The van der Waals surface area contributed by atoms with Gasteiger partial charge in [0.15, 0.2) is 0 Å². The fraction of sp³-hybridized carbons (Fsp3) is 0.577. The number of piperidine rings is 1. The van der Waals surface area contributed by atoms with Crippen LogP contribution in [0.5, 0.6) is 0 Å². The van der Waals surface area contributed by atoms with E-state index in [1.54, 1.807) is 11.3 Å². The third-order valence-corrected chi connectivity index (χ3v) is 8.38. The molecule has 2 aromatic rings. The van der Waals surface area contributed by atoms with Crippen LogP contribution in [0.2, 0.25) is 0 Å². The summed E-state index contributed by atoms with van der Waals surface area (Å²) in [7, 11) is 0. The van der Waals surface area contributed by atoms with Gasteiger partial charge in [0, 0.05) is 43.4 Å². The summed E-state index contributed by atoms with van der Waals surface area (Å²) in [5, 5.41) is 5.94. The molecule has 8 heteroatoms. The molecule has 1 aliphatic carbocycles. The quantitative estimate of drug-likeness (QED) is 0.678. The number of para-hydroxylation sites is 2. The van der Waals surface area contributed by atoms with Crippen LogP contribution in [0.4, 0.5) is 11.4 Å². The highest BCUT2D eigenvalue weighted by Gasteiger charge is 2.30. The molecule has 7 nitrogen and oxygen atoms in total. The van der Waals surface area contributed by atoms with Gasteiger partial charge in [0.05, 0.1) is 29.6 Å². The third kappa shape index (κ3) is 5.28. The van der Waals surface area contributed by atoms with Crippen LogP contribution in [0, 0.1) is 5.92 Å². The van der Waals surface area contributed by atoms with Crippen molar-refractivity contribution in [1.82, 2.24) is 9.88 Å². The second-order valence-corrected chi connectivity index (χ2v) is 10.5. The van der Waals surface area contributed by atoms with Crippen molar-refractivity contribution in [2.24, 2.45) is 5.92 Å². The van der Waals surface area contributed by atoms with E-state index in [4.69, 9.17) is 9.72 Å². The number of rotatable bonds is 5. The van der Waals surface area contributed by atoms with E-state index in [9.17, 15) is 9.59 Å². The number of likely N-dealkylation sites (tertiary alicyclic amines) is 1. The predicted molar refractivity (Wildman–Crippen MR) is 135 cm³/mol. The predicted octanol–water partition coefficient (Wildman–Crippen LogP) is 4.52. The fourth-order valence-corrected chi connectivity index (χ4v) is 6.35. The monoisotopic (exact) mass is 482 g/mol. The zero-order valence-electron chi connectivity index (χ0n) is 19.7. The van der Waals surface area contributed by atoms with Crippen LogP contribution < -0.4 is 10.2 Å². The Labute approximate surface area is 205 Å². The molecule has 0 unspecified atom stereocenters. The van der Waals surface area contributed by atoms with Gasteiger partial charge in [0.2, 0.25) is 5.91 Å². The number of hydrogen-bond acceptors (Lipinski definition) is 6. The smallest absolute Gasteiger partial charge is 0.275 e. The number of carbonyl (C=O) groups excluding carboxylic acids is 2. The maximum absolute atomic E-state index is 13.0. The van der Waals surface area contributed by atoms with Gasteiger partial charge >= 0.3 is 0 Å². The van der Waals surface area contributed by atoms with Crippen LogP contribution in [-0.2, 0) is 9.53 Å². The number of thiazole rings is 1. The average Bonchev–Trinajstić information content (AvgIpc) is 3.40. The zero-order valence-corrected chi connectivity index (χ0v) is 20.5. The van der Waals surface area contributed by atoms with Crippen LogP contribution in [-0.4, -0.2) is 61.1 Å². The Morgan fingerprint density at radius 2 is 1.71 bits per heavy atom. The van der Waals surface area contributed by atoms with Crippen molar-refractivity contribution in [3.63, 3.8) is 0 Å². The molecule has 2 amide bonds. The van der Waals surface area contributed by atoms with Gasteiger partial charge in [0.25, 0.3) is 5.91 Å². The van der Waals surface area contributed by atoms with Gasteiger partial charge in [-0.3, -0.25) is 9.59 Å². The second kappa shape index (κ2) is 10.9. The first kappa shape index (κ1) is 23.3. The molecule has 1 aromatic carbocycles. The standard InChI is InChI=1S/C26H34N4O3S/c31-24(27-21-8-4-5-9-23(21)29-14-16-33-17-15-29)22-18-34-25(28-22)19-10-12-30(13-11-19)26(32)20-6-2-1-3-7-20/h4-5,8-9,18-20H,1-3,6-7,10-17H2,(H,27,31). The highest BCUT2D eigenvalue weighted by Crippen LogP contribution is 2.33. The Bertz CT molecular complexity index is 989. The molecule has 1 aromatic heterocycles. The molecule has 3 fully saturated rings. The van der Waals surface area contributed by atoms with Crippen molar-refractivity contribution in [1.29, 1.82) is 0 Å². The molecule has 5 rings (SSSR count). The van der Waals surface area contributed by atoms with E-state index in [0.29, 0.717) is 30.7 Å². The number of carbonyl (C=O) groups is 2. The molecule has 0 spiro atoms. The SMILES string of the molecule is O=C(Nc1ccccc1N1CCOCC1)c1csc(C2CCN(C(=O)C3CCCCC3)CC2)n1.